The minimum atomic E-state index is -0.893. The molecule has 1 aliphatic rings. The van der Waals surface area contributed by atoms with E-state index in [0.717, 1.165) is 15.8 Å². The SMILES string of the molecule is Cc1ccc(-c2noc([C@H]3C[C@@H]3F)n2)cc1NC(=O)c1cnc2sccc2c1. The number of benzene rings is 1. The summed E-state index contributed by atoms with van der Waals surface area (Å²) in [5.41, 5.74) is 2.73. The molecule has 140 valence electrons. The summed E-state index contributed by atoms with van der Waals surface area (Å²) in [4.78, 5) is 22.2. The lowest BCUT2D eigenvalue weighted by molar-refractivity contribution is 0.102. The van der Waals surface area contributed by atoms with Crippen molar-refractivity contribution in [2.75, 3.05) is 5.32 Å². The molecule has 0 saturated heterocycles. The molecule has 0 aliphatic heterocycles. The predicted octanol–water partition coefficient (Wildman–Crippen LogP) is 4.73. The van der Waals surface area contributed by atoms with Crippen molar-refractivity contribution in [2.24, 2.45) is 0 Å². The van der Waals surface area contributed by atoms with Gasteiger partial charge in [0.1, 0.15) is 11.0 Å². The van der Waals surface area contributed by atoms with Crippen LogP contribution in [0.25, 0.3) is 21.6 Å². The van der Waals surface area contributed by atoms with Gasteiger partial charge in [0.05, 0.1) is 11.5 Å². The molecule has 4 aromatic rings. The van der Waals surface area contributed by atoms with E-state index in [1.165, 1.54) is 11.3 Å². The second-order valence-electron chi connectivity index (χ2n) is 6.84. The van der Waals surface area contributed by atoms with Gasteiger partial charge < -0.3 is 9.84 Å². The van der Waals surface area contributed by atoms with Crippen LogP contribution in [0.5, 0.6) is 0 Å². The van der Waals surface area contributed by atoms with Crippen LogP contribution < -0.4 is 5.32 Å². The van der Waals surface area contributed by atoms with Gasteiger partial charge in [0.15, 0.2) is 0 Å². The van der Waals surface area contributed by atoms with E-state index < -0.39 is 6.17 Å². The van der Waals surface area contributed by atoms with Crippen LogP contribution in [0.3, 0.4) is 0 Å². The summed E-state index contributed by atoms with van der Waals surface area (Å²) in [6.45, 7) is 1.90. The largest absolute Gasteiger partial charge is 0.339 e. The van der Waals surface area contributed by atoms with Gasteiger partial charge in [0.2, 0.25) is 11.7 Å². The van der Waals surface area contributed by atoms with Crippen LogP contribution in [0.1, 0.15) is 34.2 Å². The molecule has 3 heterocycles. The van der Waals surface area contributed by atoms with Gasteiger partial charge in [0.25, 0.3) is 5.91 Å². The second-order valence-corrected chi connectivity index (χ2v) is 7.73. The highest BCUT2D eigenvalue weighted by molar-refractivity contribution is 7.16. The van der Waals surface area contributed by atoms with Crippen molar-refractivity contribution in [3.63, 3.8) is 0 Å². The van der Waals surface area contributed by atoms with E-state index in [-0.39, 0.29) is 11.8 Å². The molecule has 0 bridgehead atoms. The lowest BCUT2D eigenvalue weighted by Gasteiger charge is -2.09. The van der Waals surface area contributed by atoms with Crippen LogP contribution in [0.2, 0.25) is 0 Å². The quantitative estimate of drug-likeness (QED) is 0.541. The number of thiophene rings is 1. The molecule has 0 spiro atoms. The molecule has 0 unspecified atom stereocenters. The fraction of sp³-hybridized carbons (Fsp3) is 0.200. The number of carbonyl (C=O) groups is 1. The summed E-state index contributed by atoms with van der Waals surface area (Å²) in [6.07, 6.45) is 1.11. The molecule has 1 aliphatic carbocycles. The third kappa shape index (κ3) is 3.05. The van der Waals surface area contributed by atoms with Gasteiger partial charge in [-0.2, -0.15) is 4.98 Å². The number of anilines is 1. The van der Waals surface area contributed by atoms with Gasteiger partial charge in [-0.1, -0.05) is 17.3 Å². The van der Waals surface area contributed by atoms with Crippen LogP contribution in [0.15, 0.2) is 46.4 Å². The van der Waals surface area contributed by atoms with Crippen molar-refractivity contribution in [3.05, 3.63) is 58.9 Å². The van der Waals surface area contributed by atoms with E-state index in [1.54, 1.807) is 12.3 Å². The van der Waals surface area contributed by atoms with Gasteiger partial charge in [-0.3, -0.25) is 4.79 Å². The molecule has 1 N–H and O–H groups in total. The molecular formula is C20H15FN4O2S. The minimum Gasteiger partial charge on any atom is -0.339 e. The summed E-state index contributed by atoms with van der Waals surface area (Å²) >= 11 is 1.53. The Bertz CT molecular complexity index is 1200. The summed E-state index contributed by atoms with van der Waals surface area (Å²) in [5.74, 6) is 0.174. The molecule has 6 nitrogen and oxygen atoms in total. The van der Waals surface area contributed by atoms with E-state index in [1.807, 2.05) is 36.6 Å². The average Bonchev–Trinajstić information content (AvgIpc) is 3.11. The van der Waals surface area contributed by atoms with Crippen LogP contribution in [-0.2, 0) is 0 Å². The van der Waals surface area contributed by atoms with Crippen molar-refractivity contribution in [1.82, 2.24) is 15.1 Å². The predicted molar refractivity (Wildman–Crippen MR) is 104 cm³/mol. The summed E-state index contributed by atoms with van der Waals surface area (Å²) in [5, 5.41) is 9.75. The molecule has 2 atom stereocenters. The van der Waals surface area contributed by atoms with Crippen LogP contribution in [0, 0.1) is 6.92 Å². The number of hydrogen-bond acceptors (Lipinski definition) is 6. The van der Waals surface area contributed by atoms with Crippen LogP contribution in [0.4, 0.5) is 10.1 Å². The Morgan fingerprint density at radius 3 is 3.00 bits per heavy atom. The van der Waals surface area contributed by atoms with E-state index in [2.05, 4.69) is 20.4 Å². The maximum absolute atomic E-state index is 13.2. The Hall–Kier alpha value is -3.13. The standard InChI is InChI=1S/C20H15FN4O2S/c1-10-2-3-11(17-24-19(27-25-17)14-8-15(14)21)7-16(10)23-18(26)13-6-12-4-5-28-20(12)22-9-13/h2-7,9,14-15H,8H2,1H3,(H,23,26)/t14-,15-/m0/s1. The number of nitrogens with zero attached hydrogens (tertiary/aromatic N) is 3. The summed E-state index contributed by atoms with van der Waals surface area (Å²) in [6, 6.07) is 9.26. The monoisotopic (exact) mass is 394 g/mol. The normalized spacial score (nSPS) is 18.4. The van der Waals surface area contributed by atoms with Gasteiger partial charge in [0, 0.05) is 22.8 Å². The van der Waals surface area contributed by atoms with Gasteiger partial charge in [-0.05, 0) is 42.5 Å². The lowest BCUT2D eigenvalue weighted by Crippen LogP contribution is -2.13. The number of amides is 1. The average molecular weight is 394 g/mol. The Morgan fingerprint density at radius 1 is 1.32 bits per heavy atom. The first kappa shape index (κ1) is 17.0. The Morgan fingerprint density at radius 2 is 2.18 bits per heavy atom. The third-order valence-electron chi connectivity index (χ3n) is 4.78. The minimum absolute atomic E-state index is 0.243. The molecular weight excluding hydrogens is 379 g/mol. The summed E-state index contributed by atoms with van der Waals surface area (Å²) < 4.78 is 18.4. The molecule has 1 amide bonds. The Balaban J connectivity index is 1.40. The maximum Gasteiger partial charge on any atom is 0.257 e. The van der Waals surface area contributed by atoms with E-state index in [4.69, 9.17) is 4.52 Å². The molecule has 0 radical (unpaired) electrons. The number of alkyl halides is 1. The number of aromatic nitrogens is 3. The van der Waals surface area contributed by atoms with E-state index in [0.29, 0.717) is 35.0 Å². The first-order valence-electron chi connectivity index (χ1n) is 8.82. The van der Waals surface area contributed by atoms with Crippen LogP contribution >= 0.6 is 11.3 Å². The highest BCUT2D eigenvalue weighted by Gasteiger charge is 2.43. The van der Waals surface area contributed by atoms with Gasteiger partial charge in [-0.25, -0.2) is 9.37 Å². The third-order valence-corrected chi connectivity index (χ3v) is 5.62. The molecule has 3 aromatic heterocycles. The smallest absolute Gasteiger partial charge is 0.257 e. The molecule has 1 aromatic carbocycles. The lowest BCUT2D eigenvalue weighted by atomic mass is 10.1. The molecule has 1 fully saturated rings. The van der Waals surface area contributed by atoms with Crippen molar-refractivity contribution in [2.45, 2.75) is 25.4 Å². The fourth-order valence-electron chi connectivity index (χ4n) is 3.00. The number of hydrogen-bond donors (Lipinski definition) is 1. The highest BCUT2D eigenvalue weighted by Crippen LogP contribution is 2.43. The van der Waals surface area contributed by atoms with E-state index >= 15 is 0 Å². The number of carbonyl (C=O) groups excluding carboxylic acids is 1. The van der Waals surface area contributed by atoms with Crippen LogP contribution in [-0.4, -0.2) is 27.2 Å². The zero-order valence-corrected chi connectivity index (χ0v) is 15.7. The number of fused-ring (bicyclic) bond motifs is 1. The van der Waals surface area contributed by atoms with Crippen molar-refractivity contribution in [3.8, 4) is 11.4 Å². The van der Waals surface area contributed by atoms with E-state index in [9.17, 15) is 9.18 Å². The first-order chi connectivity index (χ1) is 13.6. The number of halogens is 1. The van der Waals surface area contributed by atoms with Crippen molar-refractivity contribution in [1.29, 1.82) is 0 Å². The number of nitrogens with one attached hydrogen (secondary N) is 1. The molecule has 5 rings (SSSR count). The van der Waals surface area contributed by atoms with Gasteiger partial charge >= 0.3 is 0 Å². The van der Waals surface area contributed by atoms with Gasteiger partial charge in [-0.15, -0.1) is 11.3 Å². The summed E-state index contributed by atoms with van der Waals surface area (Å²) in [7, 11) is 0. The maximum atomic E-state index is 13.2. The number of pyridine rings is 1. The fourth-order valence-corrected chi connectivity index (χ4v) is 3.72. The van der Waals surface area contributed by atoms with Crippen molar-refractivity contribution < 1.29 is 13.7 Å². The Labute approximate surface area is 163 Å². The zero-order valence-electron chi connectivity index (χ0n) is 14.8. The Kier molecular flexibility index (Phi) is 3.94. The highest BCUT2D eigenvalue weighted by atomic mass is 32.1. The molecule has 1 saturated carbocycles. The van der Waals surface area contributed by atoms with Crippen molar-refractivity contribution >= 4 is 33.1 Å². The zero-order chi connectivity index (χ0) is 19.3. The molecule has 8 heteroatoms. The number of rotatable bonds is 4. The first-order valence-corrected chi connectivity index (χ1v) is 9.70. The number of aryl methyl sites for hydroxylation is 1. The second kappa shape index (κ2) is 6.49. The topological polar surface area (TPSA) is 80.9 Å². The molecule has 28 heavy (non-hydrogen) atoms.